The Hall–Kier alpha value is -3.68. The first-order valence-electron chi connectivity index (χ1n) is 9.75. The highest BCUT2D eigenvalue weighted by Crippen LogP contribution is 2.21. The smallest absolute Gasteiger partial charge is 0.338 e. The van der Waals surface area contributed by atoms with Crippen LogP contribution in [0.25, 0.3) is 0 Å². The summed E-state index contributed by atoms with van der Waals surface area (Å²) < 4.78 is 5.08. The molecule has 1 aromatic carbocycles. The minimum Gasteiger partial charge on any atom is -0.462 e. The highest BCUT2D eigenvalue weighted by molar-refractivity contribution is 5.90. The predicted octanol–water partition coefficient (Wildman–Crippen LogP) is 4.06. The van der Waals surface area contributed by atoms with Gasteiger partial charge in [-0.05, 0) is 50.6 Å². The Morgan fingerprint density at radius 1 is 1.10 bits per heavy atom. The molecule has 156 valence electrons. The van der Waals surface area contributed by atoms with E-state index in [4.69, 9.17) is 4.74 Å². The molecule has 0 bridgehead atoms. The second kappa shape index (κ2) is 9.69. The van der Waals surface area contributed by atoms with Gasteiger partial charge in [0.15, 0.2) is 0 Å². The van der Waals surface area contributed by atoms with Gasteiger partial charge in [0.25, 0.3) is 0 Å². The van der Waals surface area contributed by atoms with Gasteiger partial charge in [-0.2, -0.15) is 4.98 Å². The Bertz CT molecular complexity index is 1020. The summed E-state index contributed by atoms with van der Waals surface area (Å²) in [5.74, 6) is 0.856. The fourth-order valence-corrected chi connectivity index (χ4v) is 2.83. The maximum absolute atomic E-state index is 12.0. The monoisotopic (exact) mass is 406 g/mol. The zero-order valence-electron chi connectivity index (χ0n) is 17.6. The van der Waals surface area contributed by atoms with Gasteiger partial charge in [-0.15, -0.1) is 0 Å². The molecule has 0 aliphatic heterocycles. The lowest BCUT2D eigenvalue weighted by Gasteiger charge is -2.14. The Balaban J connectivity index is 1.73. The number of pyridine rings is 1. The number of benzene rings is 1. The summed E-state index contributed by atoms with van der Waals surface area (Å²) in [6.45, 7) is 6.55. The summed E-state index contributed by atoms with van der Waals surface area (Å²) in [5.41, 5.74) is 5.06. The van der Waals surface area contributed by atoms with Gasteiger partial charge >= 0.3 is 5.97 Å². The average molecular weight is 406 g/mol. The number of hydrogen-bond donors (Lipinski definition) is 3. The summed E-state index contributed by atoms with van der Waals surface area (Å²) in [7, 11) is 1.82. The summed E-state index contributed by atoms with van der Waals surface area (Å²) >= 11 is 0. The van der Waals surface area contributed by atoms with Crippen molar-refractivity contribution in [1.82, 2.24) is 15.0 Å². The van der Waals surface area contributed by atoms with Crippen molar-refractivity contribution >= 4 is 29.1 Å². The molecule has 0 amide bonds. The van der Waals surface area contributed by atoms with Gasteiger partial charge in [0.1, 0.15) is 5.82 Å². The highest BCUT2D eigenvalue weighted by Gasteiger charge is 2.11. The van der Waals surface area contributed by atoms with Crippen molar-refractivity contribution in [3.63, 3.8) is 0 Å². The van der Waals surface area contributed by atoms with Crippen molar-refractivity contribution in [2.45, 2.75) is 27.3 Å². The number of esters is 1. The third-order valence-electron chi connectivity index (χ3n) is 4.49. The lowest BCUT2D eigenvalue weighted by molar-refractivity contribution is 0.0526. The molecule has 8 heteroatoms. The summed E-state index contributed by atoms with van der Waals surface area (Å²) in [6, 6.07) is 9.31. The number of carbonyl (C=O) groups excluding carboxylic acids is 1. The van der Waals surface area contributed by atoms with Crippen LogP contribution in [-0.4, -0.2) is 34.6 Å². The van der Waals surface area contributed by atoms with Gasteiger partial charge < -0.3 is 20.7 Å². The molecule has 3 rings (SSSR count). The van der Waals surface area contributed by atoms with Crippen molar-refractivity contribution in [3.8, 4) is 0 Å². The molecule has 2 heterocycles. The number of rotatable bonds is 8. The Morgan fingerprint density at radius 2 is 1.93 bits per heavy atom. The first-order chi connectivity index (χ1) is 14.5. The molecule has 0 unspecified atom stereocenters. The van der Waals surface area contributed by atoms with Gasteiger partial charge in [0.2, 0.25) is 5.95 Å². The molecule has 0 saturated heterocycles. The van der Waals surface area contributed by atoms with Crippen LogP contribution >= 0.6 is 0 Å². The average Bonchev–Trinajstić information content (AvgIpc) is 2.75. The largest absolute Gasteiger partial charge is 0.462 e. The fraction of sp³-hybridized carbons (Fsp3) is 0.273. The molecular formula is C22H26N6O2. The first-order valence-corrected chi connectivity index (χ1v) is 9.75. The van der Waals surface area contributed by atoms with E-state index in [1.165, 1.54) is 0 Å². The van der Waals surface area contributed by atoms with Crippen LogP contribution in [0.15, 0.2) is 42.7 Å². The summed E-state index contributed by atoms with van der Waals surface area (Å²) in [4.78, 5) is 25.2. The van der Waals surface area contributed by atoms with Gasteiger partial charge in [0, 0.05) is 36.7 Å². The van der Waals surface area contributed by atoms with E-state index in [2.05, 4.69) is 30.9 Å². The lowest BCUT2D eigenvalue weighted by atomic mass is 10.1. The third kappa shape index (κ3) is 5.22. The zero-order chi connectivity index (χ0) is 21.5. The maximum atomic E-state index is 12.0. The van der Waals surface area contributed by atoms with Crippen molar-refractivity contribution in [2.24, 2.45) is 0 Å². The molecule has 0 atom stereocenters. The quantitative estimate of drug-likeness (QED) is 0.482. The molecule has 2 aromatic heterocycles. The highest BCUT2D eigenvalue weighted by atomic mass is 16.5. The second-order valence-electron chi connectivity index (χ2n) is 6.73. The van der Waals surface area contributed by atoms with E-state index in [0.29, 0.717) is 30.5 Å². The number of aryl methyl sites for hydroxylation is 2. The van der Waals surface area contributed by atoms with Gasteiger partial charge in [0.05, 0.1) is 24.1 Å². The van der Waals surface area contributed by atoms with E-state index < -0.39 is 0 Å². The Morgan fingerprint density at radius 3 is 2.63 bits per heavy atom. The van der Waals surface area contributed by atoms with Gasteiger partial charge in [-0.3, -0.25) is 4.98 Å². The van der Waals surface area contributed by atoms with Crippen LogP contribution in [0.4, 0.5) is 23.1 Å². The maximum Gasteiger partial charge on any atom is 0.338 e. The molecular weight excluding hydrogens is 380 g/mol. The number of hydrogen-bond acceptors (Lipinski definition) is 8. The predicted molar refractivity (Wildman–Crippen MR) is 118 cm³/mol. The molecule has 0 fully saturated rings. The molecule has 0 spiro atoms. The SMILES string of the molecule is CCOC(=O)c1ccc(C)c(NCc2cnc(Nc3ccc(C)nc3)nc2NC)c1. The fourth-order valence-electron chi connectivity index (χ4n) is 2.83. The normalized spacial score (nSPS) is 10.4. The molecule has 0 aliphatic rings. The van der Waals surface area contributed by atoms with Crippen LogP contribution < -0.4 is 16.0 Å². The summed E-state index contributed by atoms with van der Waals surface area (Å²) in [6.07, 6.45) is 3.51. The van der Waals surface area contributed by atoms with Crippen molar-refractivity contribution in [1.29, 1.82) is 0 Å². The Kier molecular flexibility index (Phi) is 6.79. The molecule has 3 aromatic rings. The van der Waals surface area contributed by atoms with Crippen LogP contribution in [0.2, 0.25) is 0 Å². The molecule has 8 nitrogen and oxygen atoms in total. The lowest BCUT2D eigenvalue weighted by Crippen LogP contribution is -2.10. The molecule has 3 N–H and O–H groups in total. The zero-order valence-corrected chi connectivity index (χ0v) is 17.6. The topological polar surface area (TPSA) is 101 Å². The number of aromatic nitrogens is 3. The van der Waals surface area contributed by atoms with E-state index in [1.807, 2.05) is 39.1 Å². The van der Waals surface area contributed by atoms with E-state index >= 15 is 0 Å². The van der Waals surface area contributed by atoms with E-state index in [1.54, 1.807) is 31.5 Å². The third-order valence-corrected chi connectivity index (χ3v) is 4.49. The van der Waals surface area contributed by atoms with Crippen LogP contribution in [0, 0.1) is 13.8 Å². The van der Waals surface area contributed by atoms with Crippen molar-refractivity contribution < 1.29 is 9.53 Å². The van der Waals surface area contributed by atoms with Crippen molar-refractivity contribution in [3.05, 3.63) is 65.1 Å². The van der Waals surface area contributed by atoms with E-state index in [0.717, 1.165) is 28.2 Å². The standard InChI is InChI=1S/C22H26N6O2/c1-5-30-21(29)16-8-6-14(2)19(10-16)25-11-17-12-26-22(28-20(17)23-4)27-18-9-7-15(3)24-13-18/h6-10,12-13,25H,5,11H2,1-4H3,(H2,23,26,27,28). The minimum absolute atomic E-state index is 0.333. The van der Waals surface area contributed by atoms with Crippen LogP contribution in [0.5, 0.6) is 0 Å². The molecule has 0 aliphatic carbocycles. The second-order valence-corrected chi connectivity index (χ2v) is 6.73. The van der Waals surface area contributed by atoms with Crippen LogP contribution in [0.1, 0.15) is 34.1 Å². The van der Waals surface area contributed by atoms with Crippen LogP contribution in [0.3, 0.4) is 0 Å². The van der Waals surface area contributed by atoms with Gasteiger partial charge in [-0.1, -0.05) is 6.07 Å². The number of carbonyl (C=O) groups is 1. The number of ether oxygens (including phenoxy) is 1. The molecule has 30 heavy (non-hydrogen) atoms. The van der Waals surface area contributed by atoms with E-state index in [-0.39, 0.29) is 5.97 Å². The number of nitrogens with one attached hydrogen (secondary N) is 3. The van der Waals surface area contributed by atoms with E-state index in [9.17, 15) is 4.79 Å². The number of anilines is 4. The molecule has 0 saturated carbocycles. The number of nitrogens with zero attached hydrogens (tertiary/aromatic N) is 3. The van der Waals surface area contributed by atoms with Crippen molar-refractivity contribution in [2.75, 3.05) is 29.6 Å². The van der Waals surface area contributed by atoms with Gasteiger partial charge in [-0.25, -0.2) is 9.78 Å². The molecule has 0 radical (unpaired) electrons. The summed E-state index contributed by atoms with van der Waals surface area (Å²) in [5, 5.41) is 9.62. The Labute approximate surface area is 176 Å². The van der Waals surface area contributed by atoms with Crippen LogP contribution in [-0.2, 0) is 11.3 Å². The first kappa shape index (κ1) is 21.0. The minimum atomic E-state index is -0.333.